The molecule has 0 aliphatic carbocycles. The summed E-state index contributed by atoms with van der Waals surface area (Å²) < 4.78 is 0. The summed E-state index contributed by atoms with van der Waals surface area (Å²) in [5.41, 5.74) is 0.902. The maximum atomic E-state index is 12.6. The van der Waals surface area contributed by atoms with Gasteiger partial charge in [-0.2, -0.15) is 0 Å². The van der Waals surface area contributed by atoms with E-state index in [2.05, 4.69) is 0 Å². The van der Waals surface area contributed by atoms with Crippen molar-refractivity contribution in [2.75, 3.05) is 18.5 Å². The summed E-state index contributed by atoms with van der Waals surface area (Å²) in [5, 5.41) is 2.02. The van der Waals surface area contributed by atoms with E-state index in [1.165, 1.54) is 4.88 Å². The molecule has 23 heavy (non-hydrogen) atoms. The number of benzene rings is 1. The summed E-state index contributed by atoms with van der Waals surface area (Å²) >= 11 is 1.66. The smallest absolute Gasteiger partial charge is 0.249 e. The highest BCUT2D eigenvalue weighted by molar-refractivity contribution is 7.09. The van der Waals surface area contributed by atoms with Crippen LogP contribution in [0.15, 0.2) is 47.8 Å². The number of amides is 2. The van der Waals surface area contributed by atoms with Crippen LogP contribution in [0.5, 0.6) is 0 Å². The van der Waals surface area contributed by atoms with Gasteiger partial charge in [-0.15, -0.1) is 11.3 Å². The average Bonchev–Trinajstić information content (AvgIpc) is 3.22. The van der Waals surface area contributed by atoms with Crippen molar-refractivity contribution in [3.05, 3.63) is 52.7 Å². The zero-order chi connectivity index (χ0) is 16.2. The van der Waals surface area contributed by atoms with Gasteiger partial charge < -0.3 is 9.80 Å². The molecule has 1 aromatic carbocycles. The van der Waals surface area contributed by atoms with Crippen molar-refractivity contribution in [3.8, 4) is 0 Å². The Bertz CT molecular complexity index is 670. The molecule has 0 bridgehead atoms. The molecular formula is C18H20N2O2S. The third-order valence-electron chi connectivity index (χ3n) is 4.27. The summed E-state index contributed by atoms with van der Waals surface area (Å²) in [7, 11) is 1.74. The Kier molecular flexibility index (Phi) is 4.76. The van der Waals surface area contributed by atoms with Crippen LogP contribution in [0, 0.1) is 0 Å². The highest BCUT2D eigenvalue weighted by Crippen LogP contribution is 2.24. The van der Waals surface area contributed by atoms with Gasteiger partial charge in [-0.25, -0.2) is 0 Å². The van der Waals surface area contributed by atoms with Crippen molar-refractivity contribution < 1.29 is 9.59 Å². The third-order valence-corrected chi connectivity index (χ3v) is 5.21. The molecule has 0 spiro atoms. The van der Waals surface area contributed by atoms with E-state index >= 15 is 0 Å². The second-order valence-electron chi connectivity index (χ2n) is 5.71. The molecule has 4 nitrogen and oxygen atoms in total. The molecule has 1 aromatic heterocycles. The Balaban J connectivity index is 1.60. The van der Waals surface area contributed by atoms with E-state index < -0.39 is 0 Å². The number of carbonyl (C=O) groups is 2. The van der Waals surface area contributed by atoms with E-state index in [1.54, 1.807) is 28.2 Å². The van der Waals surface area contributed by atoms with Gasteiger partial charge >= 0.3 is 0 Å². The number of anilines is 1. The van der Waals surface area contributed by atoms with E-state index in [-0.39, 0.29) is 17.9 Å². The molecule has 0 unspecified atom stereocenters. The van der Waals surface area contributed by atoms with E-state index in [9.17, 15) is 9.59 Å². The largest absolute Gasteiger partial charge is 0.334 e. The van der Waals surface area contributed by atoms with Gasteiger partial charge in [0.05, 0.1) is 0 Å². The van der Waals surface area contributed by atoms with Gasteiger partial charge in [-0.05, 0) is 36.4 Å². The number of aryl methyl sites for hydroxylation is 1. The quantitative estimate of drug-likeness (QED) is 0.847. The van der Waals surface area contributed by atoms with Gasteiger partial charge in [0.15, 0.2) is 0 Å². The second kappa shape index (κ2) is 6.96. The van der Waals surface area contributed by atoms with Crippen LogP contribution in [0.4, 0.5) is 5.69 Å². The molecule has 2 amide bonds. The number of para-hydroxylation sites is 1. The molecule has 120 valence electrons. The van der Waals surface area contributed by atoms with Gasteiger partial charge in [0, 0.05) is 30.6 Å². The standard InChI is InChI=1S/C18H20N2O2S/c1-19(17(21)10-9-15-8-5-13-23-15)16-11-12-20(18(16)22)14-6-3-2-4-7-14/h2-8,13,16H,9-12H2,1H3/t16-/m1/s1. The predicted molar refractivity (Wildman–Crippen MR) is 92.6 cm³/mol. The molecule has 1 saturated heterocycles. The average molecular weight is 328 g/mol. The molecule has 2 aromatic rings. The molecule has 0 radical (unpaired) electrons. The number of thiophene rings is 1. The number of hydrogen-bond donors (Lipinski definition) is 0. The van der Waals surface area contributed by atoms with Crippen LogP contribution in [0.2, 0.25) is 0 Å². The fourth-order valence-corrected chi connectivity index (χ4v) is 3.63. The Morgan fingerprint density at radius 3 is 2.74 bits per heavy atom. The van der Waals surface area contributed by atoms with Crippen LogP contribution >= 0.6 is 11.3 Å². The highest BCUT2D eigenvalue weighted by atomic mass is 32.1. The zero-order valence-electron chi connectivity index (χ0n) is 13.1. The van der Waals surface area contributed by atoms with Crippen molar-refractivity contribution >= 4 is 28.8 Å². The van der Waals surface area contributed by atoms with Crippen molar-refractivity contribution in [3.63, 3.8) is 0 Å². The van der Waals surface area contributed by atoms with Crippen LogP contribution in [-0.4, -0.2) is 36.3 Å². The second-order valence-corrected chi connectivity index (χ2v) is 6.75. The van der Waals surface area contributed by atoms with E-state index in [1.807, 2.05) is 47.8 Å². The molecule has 1 atom stereocenters. The summed E-state index contributed by atoms with van der Waals surface area (Å²) in [4.78, 5) is 29.6. The van der Waals surface area contributed by atoms with E-state index in [4.69, 9.17) is 0 Å². The lowest BCUT2D eigenvalue weighted by Crippen LogP contribution is -2.43. The van der Waals surface area contributed by atoms with Gasteiger partial charge in [0.2, 0.25) is 11.8 Å². The first kappa shape index (κ1) is 15.7. The SMILES string of the molecule is CN(C(=O)CCc1cccs1)[C@@H]1CCN(c2ccccc2)C1=O. The summed E-state index contributed by atoms with van der Waals surface area (Å²) in [6.45, 7) is 0.663. The molecule has 1 aliphatic rings. The molecular weight excluding hydrogens is 308 g/mol. The zero-order valence-corrected chi connectivity index (χ0v) is 14.0. The van der Waals surface area contributed by atoms with Crippen LogP contribution in [-0.2, 0) is 16.0 Å². The molecule has 2 heterocycles. The van der Waals surface area contributed by atoms with Crippen molar-refractivity contribution in [2.24, 2.45) is 0 Å². The van der Waals surface area contributed by atoms with E-state index in [0.717, 1.165) is 12.1 Å². The van der Waals surface area contributed by atoms with Crippen molar-refractivity contribution in [1.82, 2.24) is 4.90 Å². The number of likely N-dealkylation sites (N-methyl/N-ethyl adjacent to an activating group) is 1. The fraction of sp³-hybridized carbons (Fsp3) is 0.333. The highest BCUT2D eigenvalue weighted by Gasteiger charge is 2.36. The van der Waals surface area contributed by atoms with Gasteiger partial charge in [-0.3, -0.25) is 9.59 Å². The molecule has 5 heteroatoms. The first-order chi connectivity index (χ1) is 11.2. The summed E-state index contributed by atoms with van der Waals surface area (Å²) in [6, 6.07) is 13.3. The first-order valence-electron chi connectivity index (χ1n) is 7.81. The van der Waals surface area contributed by atoms with Gasteiger partial charge in [0.1, 0.15) is 6.04 Å². The topological polar surface area (TPSA) is 40.6 Å². The van der Waals surface area contributed by atoms with Gasteiger partial charge in [-0.1, -0.05) is 24.3 Å². The third kappa shape index (κ3) is 3.45. The maximum Gasteiger partial charge on any atom is 0.249 e. The molecule has 0 saturated carbocycles. The molecule has 1 aliphatic heterocycles. The first-order valence-corrected chi connectivity index (χ1v) is 8.69. The van der Waals surface area contributed by atoms with Crippen molar-refractivity contribution in [1.29, 1.82) is 0 Å². The molecule has 3 rings (SSSR count). The lowest BCUT2D eigenvalue weighted by Gasteiger charge is -2.24. The lowest BCUT2D eigenvalue weighted by atomic mass is 10.2. The normalized spacial score (nSPS) is 17.5. The number of nitrogens with zero attached hydrogens (tertiary/aromatic N) is 2. The van der Waals surface area contributed by atoms with E-state index in [0.29, 0.717) is 19.4 Å². The van der Waals surface area contributed by atoms with Crippen LogP contribution in [0.1, 0.15) is 17.7 Å². The Hall–Kier alpha value is -2.14. The predicted octanol–water partition coefficient (Wildman–Crippen LogP) is 2.94. The Morgan fingerprint density at radius 2 is 2.04 bits per heavy atom. The summed E-state index contributed by atoms with van der Waals surface area (Å²) in [6.07, 6.45) is 1.88. The number of hydrogen-bond acceptors (Lipinski definition) is 3. The number of rotatable bonds is 5. The Morgan fingerprint density at radius 1 is 1.26 bits per heavy atom. The minimum Gasteiger partial charge on any atom is -0.334 e. The number of carbonyl (C=O) groups excluding carboxylic acids is 2. The van der Waals surface area contributed by atoms with Crippen LogP contribution < -0.4 is 4.90 Å². The molecule has 1 fully saturated rings. The monoisotopic (exact) mass is 328 g/mol. The lowest BCUT2D eigenvalue weighted by molar-refractivity contribution is -0.136. The minimum absolute atomic E-state index is 0.0168. The minimum atomic E-state index is -0.342. The van der Waals surface area contributed by atoms with Crippen molar-refractivity contribution in [2.45, 2.75) is 25.3 Å². The molecule has 0 N–H and O–H groups in total. The van der Waals surface area contributed by atoms with Crippen LogP contribution in [0.3, 0.4) is 0 Å². The van der Waals surface area contributed by atoms with Gasteiger partial charge in [0.25, 0.3) is 0 Å². The van der Waals surface area contributed by atoms with Crippen LogP contribution in [0.25, 0.3) is 0 Å². The maximum absolute atomic E-state index is 12.6. The fourth-order valence-electron chi connectivity index (χ4n) is 2.92. The summed E-state index contributed by atoms with van der Waals surface area (Å²) in [5.74, 6) is 0.0508. The Labute approximate surface area is 140 Å².